The number of fused-ring (bicyclic) bond motifs is 2. The number of sulfonamides is 1. The normalized spacial score (nSPS) is 24.7. The zero-order valence-corrected chi connectivity index (χ0v) is 15.8. The van der Waals surface area contributed by atoms with Crippen molar-refractivity contribution in [3.8, 4) is 5.75 Å². The highest BCUT2D eigenvalue weighted by Gasteiger charge is 2.41. The van der Waals surface area contributed by atoms with E-state index in [9.17, 15) is 13.2 Å². The van der Waals surface area contributed by atoms with E-state index in [1.54, 1.807) is 60.7 Å². The average molecular weight is 387 g/mol. The van der Waals surface area contributed by atoms with Crippen LogP contribution in [0.25, 0.3) is 0 Å². The minimum Gasteiger partial charge on any atom is -0.487 e. The molecule has 0 spiro atoms. The van der Waals surface area contributed by atoms with Gasteiger partial charge < -0.3 is 9.64 Å². The highest BCUT2D eigenvalue weighted by atomic mass is 32.2. The molecular weight excluding hydrogens is 366 g/mol. The number of hydrogen-bond donors (Lipinski definition) is 0. The summed E-state index contributed by atoms with van der Waals surface area (Å²) in [4.78, 5) is 18.7. The van der Waals surface area contributed by atoms with E-state index < -0.39 is 10.0 Å². The Hall–Kier alpha value is -2.45. The Morgan fingerprint density at radius 2 is 1.93 bits per heavy atom. The van der Waals surface area contributed by atoms with Gasteiger partial charge in [-0.1, -0.05) is 12.1 Å². The van der Waals surface area contributed by atoms with Gasteiger partial charge in [0, 0.05) is 39.0 Å². The standard InChI is InChI=1S/C19H21N3O4S/c1-21-15-8-11-22(19(23)14-5-4-10-20-13-14)12-9-16(15)26-17-6-2-3-7-18(17)27(21,24)25/h2-7,10,13,15-16H,8-9,11-12H2,1H3/t15-,16-/m0/s1. The van der Waals surface area contributed by atoms with Crippen molar-refractivity contribution < 1.29 is 17.9 Å². The molecule has 4 rings (SSSR count). The minimum absolute atomic E-state index is 0.0922. The number of carbonyl (C=O) groups is 1. The highest BCUT2D eigenvalue weighted by molar-refractivity contribution is 7.89. The molecule has 7 nitrogen and oxygen atoms in total. The second-order valence-electron chi connectivity index (χ2n) is 6.80. The fourth-order valence-corrected chi connectivity index (χ4v) is 5.28. The maximum atomic E-state index is 13.0. The van der Waals surface area contributed by atoms with Crippen LogP contribution in [0.15, 0.2) is 53.7 Å². The van der Waals surface area contributed by atoms with Crippen LogP contribution in [0.5, 0.6) is 5.75 Å². The van der Waals surface area contributed by atoms with Crippen molar-refractivity contribution in [1.29, 1.82) is 0 Å². The van der Waals surface area contributed by atoms with Gasteiger partial charge in [0.15, 0.2) is 0 Å². The van der Waals surface area contributed by atoms with Gasteiger partial charge in [-0.25, -0.2) is 8.42 Å². The average Bonchev–Trinajstić information content (AvgIpc) is 2.93. The molecule has 2 atom stereocenters. The number of likely N-dealkylation sites (N-methyl/N-ethyl adjacent to an activating group) is 1. The summed E-state index contributed by atoms with van der Waals surface area (Å²) in [5.41, 5.74) is 0.534. The number of hydrogen-bond acceptors (Lipinski definition) is 5. The van der Waals surface area contributed by atoms with Crippen LogP contribution in [0.4, 0.5) is 0 Å². The number of likely N-dealkylation sites (tertiary alicyclic amines) is 1. The molecule has 0 aliphatic carbocycles. The molecule has 1 fully saturated rings. The van der Waals surface area contributed by atoms with E-state index in [0.29, 0.717) is 37.2 Å². The van der Waals surface area contributed by atoms with E-state index in [4.69, 9.17) is 4.74 Å². The molecule has 0 N–H and O–H groups in total. The van der Waals surface area contributed by atoms with Crippen molar-refractivity contribution in [3.05, 3.63) is 54.4 Å². The Morgan fingerprint density at radius 1 is 1.15 bits per heavy atom. The highest BCUT2D eigenvalue weighted by Crippen LogP contribution is 2.35. The van der Waals surface area contributed by atoms with Crippen LogP contribution in [0.2, 0.25) is 0 Å². The zero-order chi connectivity index (χ0) is 19.0. The predicted octanol–water partition coefficient (Wildman–Crippen LogP) is 1.77. The fourth-order valence-electron chi connectivity index (χ4n) is 3.75. The summed E-state index contributed by atoms with van der Waals surface area (Å²) in [7, 11) is -2.04. The maximum absolute atomic E-state index is 13.0. The number of nitrogens with zero attached hydrogens (tertiary/aromatic N) is 3. The van der Waals surface area contributed by atoms with Crippen LogP contribution in [-0.4, -0.2) is 60.8 Å². The lowest BCUT2D eigenvalue weighted by molar-refractivity contribution is 0.0755. The number of para-hydroxylation sites is 1. The maximum Gasteiger partial charge on any atom is 0.255 e. The Balaban J connectivity index is 1.62. The van der Waals surface area contributed by atoms with Crippen molar-refractivity contribution in [2.45, 2.75) is 29.9 Å². The van der Waals surface area contributed by atoms with E-state index in [0.717, 1.165) is 0 Å². The third-order valence-electron chi connectivity index (χ3n) is 5.25. The lowest BCUT2D eigenvalue weighted by atomic mass is 10.1. The Labute approximate surface area is 158 Å². The number of pyridine rings is 1. The molecule has 1 saturated heterocycles. The molecule has 0 bridgehead atoms. The van der Waals surface area contributed by atoms with Crippen molar-refractivity contribution in [2.24, 2.45) is 0 Å². The summed E-state index contributed by atoms with van der Waals surface area (Å²) in [6.45, 7) is 0.972. The van der Waals surface area contributed by atoms with Crippen LogP contribution in [-0.2, 0) is 10.0 Å². The molecule has 3 heterocycles. The number of rotatable bonds is 1. The number of amides is 1. The molecule has 1 amide bonds. The van der Waals surface area contributed by atoms with Gasteiger partial charge in [0.05, 0.1) is 11.6 Å². The molecule has 0 saturated carbocycles. The smallest absolute Gasteiger partial charge is 0.255 e. The van der Waals surface area contributed by atoms with Crippen molar-refractivity contribution >= 4 is 15.9 Å². The topological polar surface area (TPSA) is 79.8 Å². The Morgan fingerprint density at radius 3 is 2.70 bits per heavy atom. The molecule has 2 aliphatic heterocycles. The molecule has 27 heavy (non-hydrogen) atoms. The first-order valence-corrected chi connectivity index (χ1v) is 10.4. The molecule has 142 valence electrons. The molecule has 2 aromatic rings. The Kier molecular flexibility index (Phi) is 4.61. The van der Waals surface area contributed by atoms with Gasteiger partial charge in [-0.15, -0.1) is 0 Å². The summed E-state index contributed by atoms with van der Waals surface area (Å²) in [5, 5.41) is 0. The number of aromatic nitrogens is 1. The fraction of sp³-hybridized carbons (Fsp3) is 0.368. The zero-order valence-electron chi connectivity index (χ0n) is 15.0. The second-order valence-corrected chi connectivity index (χ2v) is 8.77. The van der Waals surface area contributed by atoms with Gasteiger partial charge in [-0.3, -0.25) is 9.78 Å². The first-order chi connectivity index (χ1) is 13.0. The van der Waals surface area contributed by atoms with Gasteiger partial charge in [-0.2, -0.15) is 4.31 Å². The largest absolute Gasteiger partial charge is 0.487 e. The van der Waals surface area contributed by atoms with E-state index >= 15 is 0 Å². The minimum atomic E-state index is -3.64. The molecule has 1 aromatic heterocycles. The predicted molar refractivity (Wildman–Crippen MR) is 99.0 cm³/mol. The van der Waals surface area contributed by atoms with Crippen LogP contribution in [0.1, 0.15) is 23.2 Å². The number of ether oxygens (including phenoxy) is 1. The summed E-state index contributed by atoms with van der Waals surface area (Å²) in [6.07, 6.45) is 3.95. The summed E-state index contributed by atoms with van der Waals surface area (Å²) in [5.74, 6) is 0.286. The van der Waals surface area contributed by atoms with Crippen LogP contribution in [0.3, 0.4) is 0 Å². The third-order valence-corrected chi connectivity index (χ3v) is 7.18. The molecule has 1 aromatic carbocycles. The van der Waals surface area contributed by atoms with E-state index in [1.165, 1.54) is 4.31 Å². The summed E-state index contributed by atoms with van der Waals surface area (Å²) < 4.78 is 33.5. The van der Waals surface area contributed by atoms with Gasteiger partial charge in [0.2, 0.25) is 10.0 Å². The van der Waals surface area contributed by atoms with E-state index in [-0.39, 0.29) is 22.9 Å². The molecule has 8 heteroatoms. The quantitative estimate of drug-likeness (QED) is 0.745. The van der Waals surface area contributed by atoms with E-state index in [1.807, 2.05) is 0 Å². The second kappa shape index (κ2) is 6.94. The monoisotopic (exact) mass is 387 g/mol. The number of benzene rings is 1. The van der Waals surface area contributed by atoms with Gasteiger partial charge in [0.25, 0.3) is 5.91 Å². The molecule has 0 unspecified atom stereocenters. The summed E-state index contributed by atoms with van der Waals surface area (Å²) >= 11 is 0. The van der Waals surface area contributed by atoms with Crippen LogP contribution < -0.4 is 4.74 Å². The Bertz CT molecular complexity index is 948. The van der Waals surface area contributed by atoms with Crippen molar-refractivity contribution in [2.75, 3.05) is 20.1 Å². The summed E-state index contributed by atoms with van der Waals surface area (Å²) in [6, 6.07) is 9.87. The van der Waals surface area contributed by atoms with Gasteiger partial charge >= 0.3 is 0 Å². The van der Waals surface area contributed by atoms with Crippen LogP contribution in [0, 0.1) is 0 Å². The van der Waals surface area contributed by atoms with Crippen LogP contribution >= 0.6 is 0 Å². The number of carbonyl (C=O) groups excluding carboxylic acids is 1. The van der Waals surface area contributed by atoms with Crippen molar-refractivity contribution in [1.82, 2.24) is 14.2 Å². The van der Waals surface area contributed by atoms with Gasteiger partial charge in [-0.05, 0) is 30.7 Å². The SMILES string of the molecule is CN1[C@H]2CCN(C(=O)c3cccnc3)CC[C@@H]2Oc2ccccc2S1(=O)=O. The lowest BCUT2D eigenvalue weighted by Crippen LogP contribution is -2.44. The molecule has 2 aliphatic rings. The first kappa shape index (κ1) is 17.9. The molecular formula is C19H21N3O4S. The molecule has 0 radical (unpaired) electrons. The lowest BCUT2D eigenvalue weighted by Gasteiger charge is -2.28. The first-order valence-electron chi connectivity index (χ1n) is 8.91. The van der Waals surface area contributed by atoms with Gasteiger partial charge in [0.1, 0.15) is 16.7 Å². The third kappa shape index (κ3) is 3.19. The van der Waals surface area contributed by atoms with E-state index in [2.05, 4.69) is 4.98 Å². The van der Waals surface area contributed by atoms with Crippen molar-refractivity contribution in [3.63, 3.8) is 0 Å².